The Morgan fingerprint density at radius 3 is 2.81 bits per heavy atom. The summed E-state index contributed by atoms with van der Waals surface area (Å²) < 4.78 is 6.34. The molecular weight excluding hydrogens is 274 g/mol. The highest BCUT2D eigenvalue weighted by atomic mass is 16.5. The number of anilines is 1. The van der Waals surface area contributed by atoms with E-state index < -0.39 is 5.97 Å². The van der Waals surface area contributed by atoms with Crippen molar-refractivity contribution in [2.75, 3.05) is 12.8 Å². The Hall–Kier alpha value is -2.83. The zero-order valence-corrected chi connectivity index (χ0v) is 11.7. The monoisotopic (exact) mass is 289 g/mol. The van der Waals surface area contributed by atoms with Crippen molar-refractivity contribution >= 4 is 11.7 Å². The highest BCUT2D eigenvalue weighted by Gasteiger charge is 2.16. The fourth-order valence-corrected chi connectivity index (χ4v) is 2.08. The molecule has 110 valence electrons. The number of aromatic carboxylic acids is 1. The van der Waals surface area contributed by atoms with Gasteiger partial charge in [0.15, 0.2) is 0 Å². The second kappa shape index (κ2) is 5.66. The van der Waals surface area contributed by atoms with Crippen LogP contribution in [0.1, 0.15) is 21.6 Å². The number of hydrogen-bond donors (Lipinski definition) is 2. The van der Waals surface area contributed by atoms with E-state index in [4.69, 9.17) is 10.5 Å². The van der Waals surface area contributed by atoms with Crippen molar-refractivity contribution in [2.45, 2.75) is 13.5 Å². The van der Waals surface area contributed by atoms with Crippen LogP contribution in [0.2, 0.25) is 0 Å². The van der Waals surface area contributed by atoms with Gasteiger partial charge in [0, 0.05) is 17.4 Å². The van der Waals surface area contributed by atoms with Crippen LogP contribution >= 0.6 is 0 Å². The first-order valence-electron chi connectivity index (χ1n) is 6.17. The Balaban J connectivity index is 2.56. The van der Waals surface area contributed by atoms with Crippen molar-refractivity contribution in [3.8, 4) is 6.01 Å². The number of ether oxygens (including phenoxy) is 1. The van der Waals surface area contributed by atoms with Crippen molar-refractivity contribution in [1.82, 2.24) is 9.55 Å². The molecule has 0 amide bonds. The summed E-state index contributed by atoms with van der Waals surface area (Å²) in [7, 11) is 1.40. The molecule has 21 heavy (non-hydrogen) atoms. The summed E-state index contributed by atoms with van der Waals surface area (Å²) in [6, 6.07) is 6.22. The van der Waals surface area contributed by atoms with Crippen molar-refractivity contribution in [2.24, 2.45) is 0 Å². The Bertz CT molecular complexity index is 752. The SMILES string of the molecule is COc1nc(C)cc(=O)n1Cc1cccc(N)c1C(=O)O. The number of aromatic nitrogens is 2. The average Bonchev–Trinajstić information content (AvgIpc) is 2.41. The normalized spacial score (nSPS) is 10.4. The van der Waals surface area contributed by atoms with E-state index in [2.05, 4.69) is 4.98 Å². The van der Waals surface area contributed by atoms with Crippen molar-refractivity contribution < 1.29 is 14.6 Å². The number of nitrogen functional groups attached to an aromatic ring is 1. The molecule has 1 heterocycles. The standard InChI is InChI=1S/C14H15N3O4/c1-8-6-11(18)17(14(16-8)21-2)7-9-4-3-5-10(15)12(9)13(19)20/h3-6H,7,15H2,1-2H3,(H,19,20). The molecule has 0 bridgehead atoms. The lowest BCUT2D eigenvalue weighted by molar-refractivity contribution is 0.0696. The molecule has 2 rings (SSSR count). The van der Waals surface area contributed by atoms with Crippen LogP contribution in [0.25, 0.3) is 0 Å². The van der Waals surface area contributed by atoms with Gasteiger partial charge in [-0.05, 0) is 18.6 Å². The number of carboxylic acids is 1. The lowest BCUT2D eigenvalue weighted by atomic mass is 10.1. The number of carboxylic acid groups (broad SMARTS) is 1. The predicted molar refractivity (Wildman–Crippen MR) is 76.7 cm³/mol. The minimum Gasteiger partial charge on any atom is -0.478 e. The first kappa shape index (κ1) is 14.6. The van der Waals surface area contributed by atoms with Gasteiger partial charge in [0.2, 0.25) is 0 Å². The van der Waals surface area contributed by atoms with E-state index in [0.717, 1.165) is 0 Å². The van der Waals surface area contributed by atoms with E-state index in [0.29, 0.717) is 11.3 Å². The number of nitrogens with two attached hydrogens (primary N) is 1. The van der Waals surface area contributed by atoms with Crippen LogP contribution < -0.4 is 16.0 Å². The zero-order chi connectivity index (χ0) is 15.6. The topological polar surface area (TPSA) is 107 Å². The van der Waals surface area contributed by atoms with Crippen LogP contribution in [0.5, 0.6) is 6.01 Å². The molecule has 0 radical (unpaired) electrons. The first-order valence-corrected chi connectivity index (χ1v) is 6.17. The van der Waals surface area contributed by atoms with E-state index in [1.807, 2.05) is 0 Å². The van der Waals surface area contributed by atoms with Gasteiger partial charge in [0.1, 0.15) is 0 Å². The number of nitrogens with zero attached hydrogens (tertiary/aromatic N) is 2. The summed E-state index contributed by atoms with van der Waals surface area (Å²) in [5, 5.41) is 9.25. The molecule has 3 N–H and O–H groups in total. The van der Waals surface area contributed by atoms with Gasteiger partial charge < -0.3 is 15.6 Å². The summed E-state index contributed by atoms with van der Waals surface area (Å²) in [4.78, 5) is 27.5. The van der Waals surface area contributed by atoms with Crippen LogP contribution in [0.4, 0.5) is 5.69 Å². The molecule has 0 aliphatic rings. The lowest BCUT2D eigenvalue weighted by Gasteiger charge is -2.13. The molecular formula is C14H15N3O4. The third-order valence-electron chi connectivity index (χ3n) is 3.01. The van der Waals surface area contributed by atoms with E-state index in [9.17, 15) is 14.7 Å². The van der Waals surface area contributed by atoms with Gasteiger partial charge in [-0.15, -0.1) is 0 Å². The summed E-state index contributed by atoms with van der Waals surface area (Å²) in [6.45, 7) is 1.69. The van der Waals surface area contributed by atoms with Gasteiger partial charge >= 0.3 is 5.97 Å². The Morgan fingerprint density at radius 2 is 2.19 bits per heavy atom. The van der Waals surface area contributed by atoms with Crippen LogP contribution in [0.3, 0.4) is 0 Å². The van der Waals surface area contributed by atoms with Crippen molar-refractivity contribution in [3.05, 3.63) is 51.4 Å². The fraction of sp³-hybridized carbons (Fsp3) is 0.214. The van der Waals surface area contributed by atoms with Crippen molar-refractivity contribution in [1.29, 1.82) is 0 Å². The summed E-state index contributed by atoms with van der Waals surface area (Å²) >= 11 is 0. The predicted octanol–water partition coefficient (Wildman–Crippen LogP) is 0.889. The second-order valence-electron chi connectivity index (χ2n) is 4.50. The van der Waals surface area contributed by atoms with E-state index in [1.54, 1.807) is 19.1 Å². The average molecular weight is 289 g/mol. The molecule has 7 nitrogen and oxygen atoms in total. The third kappa shape index (κ3) is 2.86. The summed E-state index contributed by atoms with van der Waals surface area (Å²) in [6.07, 6.45) is 0. The van der Waals surface area contributed by atoms with Gasteiger partial charge in [0.05, 0.1) is 19.2 Å². The zero-order valence-electron chi connectivity index (χ0n) is 11.7. The van der Waals surface area contributed by atoms with Gasteiger partial charge in [-0.2, -0.15) is 0 Å². The van der Waals surface area contributed by atoms with Gasteiger partial charge in [-0.25, -0.2) is 9.78 Å². The number of carbonyl (C=O) groups is 1. The van der Waals surface area contributed by atoms with Crippen LogP contribution in [-0.4, -0.2) is 27.7 Å². The van der Waals surface area contributed by atoms with Crippen LogP contribution in [-0.2, 0) is 6.54 Å². The van der Waals surface area contributed by atoms with Crippen LogP contribution in [0, 0.1) is 6.92 Å². The third-order valence-corrected chi connectivity index (χ3v) is 3.01. The first-order chi connectivity index (χ1) is 9.93. The highest BCUT2D eigenvalue weighted by Crippen LogP contribution is 2.19. The number of benzene rings is 1. The maximum atomic E-state index is 12.1. The lowest BCUT2D eigenvalue weighted by Crippen LogP contribution is -2.24. The van der Waals surface area contributed by atoms with E-state index in [-0.39, 0.29) is 29.4 Å². The van der Waals surface area contributed by atoms with Gasteiger partial charge in [-0.3, -0.25) is 9.36 Å². The molecule has 7 heteroatoms. The maximum absolute atomic E-state index is 12.1. The molecule has 0 unspecified atom stereocenters. The van der Waals surface area contributed by atoms with Gasteiger partial charge in [-0.1, -0.05) is 12.1 Å². The fourth-order valence-electron chi connectivity index (χ4n) is 2.08. The number of methoxy groups -OCH3 is 1. The maximum Gasteiger partial charge on any atom is 0.338 e. The summed E-state index contributed by atoms with van der Waals surface area (Å²) in [5.74, 6) is -1.14. The molecule has 0 saturated carbocycles. The molecule has 1 aromatic heterocycles. The second-order valence-corrected chi connectivity index (χ2v) is 4.50. The minimum absolute atomic E-state index is 0.0158. The number of aryl methyl sites for hydroxylation is 1. The highest BCUT2D eigenvalue weighted by molar-refractivity contribution is 5.95. The number of hydrogen-bond acceptors (Lipinski definition) is 5. The minimum atomic E-state index is -1.14. The summed E-state index contributed by atoms with van der Waals surface area (Å²) in [5.41, 5.74) is 6.43. The largest absolute Gasteiger partial charge is 0.478 e. The Labute approximate surface area is 120 Å². The Kier molecular flexibility index (Phi) is 3.93. The van der Waals surface area contributed by atoms with Crippen molar-refractivity contribution in [3.63, 3.8) is 0 Å². The quantitative estimate of drug-likeness (QED) is 0.809. The molecule has 0 fully saturated rings. The molecule has 0 atom stereocenters. The molecule has 0 spiro atoms. The molecule has 0 aliphatic heterocycles. The molecule has 0 saturated heterocycles. The van der Waals surface area contributed by atoms with E-state index in [1.165, 1.54) is 23.8 Å². The molecule has 2 aromatic rings. The smallest absolute Gasteiger partial charge is 0.338 e. The van der Waals surface area contributed by atoms with E-state index >= 15 is 0 Å². The molecule has 0 aliphatic carbocycles. The molecule has 1 aromatic carbocycles. The Morgan fingerprint density at radius 1 is 1.48 bits per heavy atom. The van der Waals surface area contributed by atoms with Gasteiger partial charge in [0.25, 0.3) is 11.6 Å². The van der Waals surface area contributed by atoms with Crippen LogP contribution in [0.15, 0.2) is 29.1 Å². The number of rotatable bonds is 4.